The number of aromatic nitrogens is 1. The van der Waals surface area contributed by atoms with Crippen LogP contribution in [0.4, 0.5) is 11.4 Å². The van der Waals surface area contributed by atoms with E-state index in [0.29, 0.717) is 6.54 Å². The number of anilines is 2. The van der Waals surface area contributed by atoms with E-state index in [4.69, 9.17) is 0 Å². The van der Waals surface area contributed by atoms with Gasteiger partial charge < -0.3 is 19.3 Å². The van der Waals surface area contributed by atoms with Crippen molar-refractivity contribution in [2.75, 3.05) is 30.4 Å². The summed E-state index contributed by atoms with van der Waals surface area (Å²) in [5, 5.41) is 1.16. The van der Waals surface area contributed by atoms with Gasteiger partial charge in [0.15, 0.2) is 0 Å². The average Bonchev–Trinajstić information content (AvgIpc) is 3.20. The standard InChI is InChI=1S/C28H26N4O2/c1-29(19-10-4-3-5-11-19)25(33)18-32-24-15-9-6-12-20(24)21-16-17-31-27(26(21)32)30(2)23-14-8-7-13-22(23)28(31)34/h3-15,27H,16-18H2,1-2H3/t27-/m1/s1. The van der Waals surface area contributed by atoms with E-state index in [0.717, 1.165) is 40.0 Å². The second-order valence-corrected chi connectivity index (χ2v) is 9.01. The van der Waals surface area contributed by atoms with E-state index in [1.807, 2.05) is 85.7 Å². The number of carbonyl (C=O) groups excluding carboxylic acids is 2. The van der Waals surface area contributed by atoms with Crippen LogP contribution in [-0.4, -0.2) is 41.9 Å². The Balaban J connectivity index is 1.49. The van der Waals surface area contributed by atoms with Crippen molar-refractivity contribution in [1.82, 2.24) is 9.47 Å². The molecule has 0 saturated carbocycles. The molecule has 1 aromatic heterocycles. The summed E-state index contributed by atoms with van der Waals surface area (Å²) in [6.45, 7) is 0.857. The summed E-state index contributed by atoms with van der Waals surface area (Å²) < 4.78 is 2.13. The maximum Gasteiger partial charge on any atom is 0.257 e. The summed E-state index contributed by atoms with van der Waals surface area (Å²) in [4.78, 5) is 32.7. The molecule has 34 heavy (non-hydrogen) atoms. The zero-order chi connectivity index (χ0) is 23.4. The van der Waals surface area contributed by atoms with Crippen molar-refractivity contribution >= 4 is 34.1 Å². The largest absolute Gasteiger partial charge is 0.349 e. The number of fused-ring (bicyclic) bond motifs is 6. The first-order valence-corrected chi connectivity index (χ1v) is 11.6. The van der Waals surface area contributed by atoms with Gasteiger partial charge in [-0.3, -0.25) is 9.59 Å². The van der Waals surface area contributed by atoms with Gasteiger partial charge in [0.05, 0.1) is 16.9 Å². The summed E-state index contributed by atoms with van der Waals surface area (Å²) in [5.74, 6) is 0.0472. The lowest BCUT2D eigenvalue weighted by molar-refractivity contribution is -0.118. The highest BCUT2D eigenvalue weighted by Gasteiger charge is 2.42. The highest BCUT2D eigenvalue weighted by Crippen LogP contribution is 2.44. The Morgan fingerprint density at radius 1 is 0.971 bits per heavy atom. The van der Waals surface area contributed by atoms with Crippen molar-refractivity contribution in [3.05, 3.63) is 95.7 Å². The van der Waals surface area contributed by atoms with E-state index in [1.54, 1.807) is 4.90 Å². The van der Waals surface area contributed by atoms with Crippen LogP contribution in [0.15, 0.2) is 78.9 Å². The molecule has 0 bridgehead atoms. The Morgan fingerprint density at radius 2 is 1.68 bits per heavy atom. The summed E-state index contributed by atoms with van der Waals surface area (Å²) in [6.07, 6.45) is 0.512. The van der Waals surface area contributed by atoms with Gasteiger partial charge in [0, 0.05) is 37.2 Å². The lowest BCUT2D eigenvalue weighted by Crippen LogP contribution is -2.51. The van der Waals surface area contributed by atoms with Crippen LogP contribution in [0.25, 0.3) is 10.9 Å². The fourth-order valence-electron chi connectivity index (χ4n) is 5.52. The Morgan fingerprint density at radius 3 is 2.50 bits per heavy atom. The van der Waals surface area contributed by atoms with Crippen molar-refractivity contribution in [2.24, 2.45) is 0 Å². The fourth-order valence-corrected chi connectivity index (χ4v) is 5.52. The number of benzene rings is 3. The molecule has 170 valence electrons. The average molecular weight is 451 g/mol. The molecule has 0 saturated heterocycles. The third kappa shape index (κ3) is 2.95. The first-order valence-electron chi connectivity index (χ1n) is 11.6. The number of amides is 2. The van der Waals surface area contributed by atoms with Crippen LogP contribution < -0.4 is 9.80 Å². The van der Waals surface area contributed by atoms with Crippen LogP contribution in [0.1, 0.15) is 27.8 Å². The van der Waals surface area contributed by atoms with E-state index in [9.17, 15) is 9.59 Å². The van der Waals surface area contributed by atoms with Gasteiger partial charge in [0.1, 0.15) is 12.7 Å². The Hall–Kier alpha value is -4.06. The molecular weight excluding hydrogens is 424 g/mol. The van der Waals surface area contributed by atoms with Gasteiger partial charge in [-0.2, -0.15) is 0 Å². The summed E-state index contributed by atoms with van der Waals surface area (Å²) in [5.41, 5.74) is 5.80. The highest BCUT2D eigenvalue weighted by atomic mass is 16.2. The molecule has 6 nitrogen and oxygen atoms in total. The zero-order valence-electron chi connectivity index (χ0n) is 19.3. The molecule has 6 heteroatoms. The predicted octanol–water partition coefficient (Wildman–Crippen LogP) is 4.45. The number of hydrogen-bond acceptors (Lipinski definition) is 3. The van der Waals surface area contributed by atoms with Gasteiger partial charge in [-0.15, -0.1) is 0 Å². The van der Waals surface area contributed by atoms with E-state index >= 15 is 0 Å². The van der Waals surface area contributed by atoms with Crippen molar-refractivity contribution in [3.63, 3.8) is 0 Å². The molecular formula is C28H26N4O2. The number of likely N-dealkylation sites (N-methyl/N-ethyl adjacent to an activating group) is 1. The topological polar surface area (TPSA) is 48.8 Å². The van der Waals surface area contributed by atoms with Crippen LogP contribution >= 0.6 is 0 Å². The molecule has 2 aliphatic rings. The molecule has 2 aliphatic heterocycles. The van der Waals surface area contributed by atoms with E-state index in [2.05, 4.69) is 21.6 Å². The van der Waals surface area contributed by atoms with Gasteiger partial charge in [-0.25, -0.2) is 0 Å². The van der Waals surface area contributed by atoms with Crippen LogP contribution in [0.5, 0.6) is 0 Å². The zero-order valence-corrected chi connectivity index (χ0v) is 19.3. The van der Waals surface area contributed by atoms with Crippen molar-refractivity contribution in [2.45, 2.75) is 19.1 Å². The maximum atomic E-state index is 13.5. The van der Waals surface area contributed by atoms with Crippen LogP contribution in [-0.2, 0) is 17.8 Å². The third-order valence-corrected chi connectivity index (χ3v) is 7.22. The van der Waals surface area contributed by atoms with Gasteiger partial charge >= 0.3 is 0 Å². The first kappa shape index (κ1) is 20.5. The normalized spacial score (nSPS) is 16.8. The molecule has 3 aromatic carbocycles. The van der Waals surface area contributed by atoms with Gasteiger partial charge in [0.25, 0.3) is 5.91 Å². The minimum absolute atomic E-state index is 0.00272. The van der Waals surface area contributed by atoms with Crippen LogP contribution in [0.3, 0.4) is 0 Å². The predicted molar refractivity (Wildman–Crippen MR) is 134 cm³/mol. The van der Waals surface area contributed by atoms with Crippen LogP contribution in [0, 0.1) is 0 Å². The summed E-state index contributed by atoms with van der Waals surface area (Å²) in [7, 11) is 3.85. The first-order chi connectivity index (χ1) is 16.6. The molecule has 0 fully saturated rings. The lowest BCUT2D eigenvalue weighted by atomic mass is 9.96. The van der Waals surface area contributed by atoms with Crippen molar-refractivity contribution in [3.8, 4) is 0 Å². The Bertz CT molecular complexity index is 1430. The molecule has 2 amide bonds. The van der Waals surface area contributed by atoms with Gasteiger partial charge in [-0.1, -0.05) is 48.5 Å². The minimum Gasteiger partial charge on any atom is -0.349 e. The second-order valence-electron chi connectivity index (χ2n) is 9.01. The van der Waals surface area contributed by atoms with E-state index in [1.165, 1.54) is 5.56 Å². The number of para-hydroxylation sites is 3. The molecule has 0 unspecified atom stereocenters. The third-order valence-electron chi connectivity index (χ3n) is 7.22. The van der Waals surface area contributed by atoms with E-state index in [-0.39, 0.29) is 24.5 Å². The SMILES string of the molecule is CN(C(=O)Cn1c2c(c3ccccc31)CCN1C(=O)c3ccccc3N(C)[C@@H]21)c1ccccc1. The number of hydrogen-bond donors (Lipinski definition) is 0. The lowest BCUT2D eigenvalue weighted by Gasteiger charge is -2.46. The second kappa shape index (κ2) is 7.76. The van der Waals surface area contributed by atoms with Crippen LogP contribution in [0.2, 0.25) is 0 Å². The molecule has 0 spiro atoms. The summed E-state index contributed by atoms with van der Waals surface area (Å²) in [6, 6.07) is 25.7. The smallest absolute Gasteiger partial charge is 0.257 e. The number of carbonyl (C=O) groups is 2. The van der Waals surface area contributed by atoms with Gasteiger partial charge in [0.2, 0.25) is 5.91 Å². The highest BCUT2D eigenvalue weighted by molar-refractivity contribution is 6.03. The van der Waals surface area contributed by atoms with Crippen molar-refractivity contribution < 1.29 is 9.59 Å². The molecule has 4 aromatic rings. The molecule has 0 N–H and O–H groups in total. The quantitative estimate of drug-likeness (QED) is 0.463. The maximum absolute atomic E-state index is 13.5. The monoisotopic (exact) mass is 450 g/mol. The molecule has 0 radical (unpaired) electrons. The molecule has 6 rings (SSSR count). The van der Waals surface area contributed by atoms with Gasteiger partial charge in [-0.05, 0) is 42.3 Å². The molecule has 0 aliphatic carbocycles. The Kier molecular flexibility index (Phi) is 4.69. The number of nitrogens with zero attached hydrogens (tertiary/aromatic N) is 4. The minimum atomic E-state index is -0.256. The van der Waals surface area contributed by atoms with E-state index < -0.39 is 0 Å². The number of rotatable bonds is 3. The Labute approximate surface area is 198 Å². The molecule has 3 heterocycles. The van der Waals surface area contributed by atoms with Crippen molar-refractivity contribution in [1.29, 1.82) is 0 Å². The summed E-state index contributed by atoms with van der Waals surface area (Å²) >= 11 is 0. The fraction of sp³-hybridized carbons (Fsp3) is 0.214. The molecule has 1 atom stereocenters.